The predicted octanol–water partition coefficient (Wildman–Crippen LogP) is 1.70. The van der Waals surface area contributed by atoms with Crippen LogP contribution < -0.4 is 10.0 Å². The molecule has 0 aliphatic carbocycles. The average Bonchev–Trinajstić information content (AvgIpc) is 3.04. The summed E-state index contributed by atoms with van der Waals surface area (Å²) in [7, 11) is 0. The summed E-state index contributed by atoms with van der Waals surface area (Å²) in [5, 5.41) is 12.9. The Morgan fingerprint density at radius 3 is 2.32 bits per heavy atom. The molecule has 1 heterocycles. The van der Waals surface area contributed by atoms with Crippen molar-refractivity contribution in [2.45, 2.75) is 26.8 Å². The lowest BCUT2D eigenvalue weighted by Gasteiger charge is -2.29. The number of carbonyl (C=O) groups excluding carboxylic acids is 2. The highest BCUT2D eigenvalue weighted by Crippen LogP contribution is 2.36. The molecule has 0 spiro atoms. The van der Waals surface area contributed by atoms with Crippen LogP contribution in [-0.4, -0.2) is 42.8 Å². The van der Waals surface area contributed by atoms with Gasteiger partial charge in [0.05, 0.1) is 32.2 Å². The number of aryl methyl sites for hydroxylation is 1. The van der Waals surface area contributed by atoms with Gasteiger partial charge in [0.2, 0.25) is 5.91 Å². The van der Waals surface area contributed by atoms with Gasteiger partial charge in [-0.05, 0) is 43.7 Å². The molecule has 1 aliphatic rings. The molecule has 1 aliphatic heterocycles. The van der Waals surface area contributed by atoms with Crippen LogP contribution in [0.4, 0.5) is 0 Å². The molecule has 0 saturated carbocycles. The van der Waals surface area contributed by atoms with Crippen LogP contribution in [0, 0.1) is 6.92 Å². The van der Waals surface area contributed by atoms with Gasteiger partial charge >= 0.3 is 0 Å². The van der Waals surface area contributed by atoms with Gasteiger partial charge in [-0.25, -0.2) is 0 Å². The van der Waals surface area contributed by atoms with Gasteiger partial charge in [-0.2, -0.15) is 0 Å². The summed E-state index contributed by atoms with van der Waals surface area (Å²) in [4.78, 5) is 28.9. The molecule has 1 amide bonds. The van der Waals surface area contributed by atoms with Gasteiger partial charge in [0.1, 0.15) is 0 Å². The van der Waals surface area contributed by atoms with E-state index < -0.39 is 23.5 Å². The number of hydrogen-bond donors (Lipinski definition) is 1. The molecule has 3 rings (SSSR count). The van der Waals surface area contributed by atoms with E-state index in [1.165, 1.54) is 11.0 Å². The van der Waals surface area contributed by atoms with Crippen molar-refractivity contribution < 1.29 is 19.6 Å². The van der Waals surface area contributed by atoms with Crippen LogP contribution >= 0.6 is 0 Å². The summed E-state index contributed by atoms with van der Waals surface area (Å²) < 4.78 is 0. The molecular weight excluding hydrogens is 388 g/mol. The van der Waals surface area contributed by atoms with Crippen LogP contribution in [0.3, 0.4) is 0 Å². The molecule has 0 aromatic heterocycles. The van der Waals surface area contributed by atoms with E-state index in [2.05, 4.69) is 13.8 Å². The molecule has 0 bridgehead atoms. The zero-order valence-electron chi connectivity index (χ0n) is 18.4. The Bertz CT molecular complexity index is 973. The maximum Gasteiger partial charge on any atom is 0.240 e. The van der Waals surface area contributed by atoms with Crippen LogP contribution in [0.15, 0.2) is 72.0 Å². The molecule has 162 valence electrons. The number of likely N-dealkylation sites (N-methyl/N-ethyl adjacent to an activating group) is 1. The largest absolute Gasteiger partial charge is 0.868 e. The molecule has 5 heteroatoms. The normalized spacial score (nSPS) is 16.7. The molecule has 0 fully saturated rings. The number of rotatable bonds is 9. The van der Waals surface area contributed by atoms with Crippen LogP contribution in [0.1, 0.15) is 36.6 Å². The first-order valence-electron chi connectivity index (χ1n) is 10.9. The van der Waals surface area contributed by atoms with Crippen LogP contribution in [-0.2, 0) is 9.59 Å². The van der Waals surface area contributed by atoms with Gasteiger partial charge in [0, 0.05) is 5.57 Å². The van der Waals surface area contributed by atoms with Crippen molar-refractivity contribution in [3.05, 3.63) is 88.7 Å². The average molecular weight is 419 g/mol. The summed E-state index contributed by atoms with van der Waals surface area (Å²) in [6.45, 7) is 9.23. The highest BCUT2D eigenvalue weighted by Gasteiger charge is 2.38. The molecule has 1 unspecified atom stereocenters. The standard InChI is InChI=1S/C26H30N2O3/c1-4-27(5-2)17-18-28-24(21-14-11-19(3)12-15-21)23(25(30)26(28)31)22(29)16-13-20-9-7-6-8-10-20/h6-16,24,30H,4-5,17-18H2,1-3H3/b16-13+. The lowest BCUT2D eigenvalue weighted by atomic mass is 9.95. The Kier molecular flexibility index (Phi) is 7.42. The fraction of sp³-hybridized carbons (Fsp3) is 0.308. The zero-order valence-corrected chi connectivity index (χ0v) is 18.4. The van der Waals surface area contributed by atoms with E-state index in [4.69, 9.17) is 0 Å². The predicted molar refractivity (Wildman–Crippen MR) is 120 cm³/mol. The number of carbonyl (C=O) groups is 2. The Labute approximate surface area is 184 Å². The molecule has 0 radical (unpaired) electrons. The zero-order chi connectivity index (χ0) is 22.4. The molecule has 0 saturated heterocycles. The quantitative estimate of drug-likeness (QED) is 0.631. The van der Waals surface area contributed by atoms with Crippen molar-refractivity contribution in [2.75, 3.05) is 26.2 Å². The second-order valence-electron chi connectivity index (χ2n) is 7.87. The molecule has 5 nitrogen and oxygen atoms in total. The number of allylic oxidation sites excluding steroid dienone is 1. The third-order valence-electron chi connectivity index (χ3n) is 5.88. The SMILES string of the molecule is CC[NH+](CC)CCN1C(=O)C([O-])=C(C(=O)/C=C/c2ccccc2)C1c1ccc(C)cc1. The summed E-state index contributed by atoms with van der Waals surface area (Å²) in [5.74, 6) is -1.69. The van der Waals surface area contributed by atoms with Crippen molar-refractivity contribution in [1.29, 1.82) is 0 Å². The summed E-state index contributed by atoms with van der Waals surface area (Å²) in [5.41, 5.74) is 2.77. The molecule has 2 aromatic rings. The number of amides is 1. The summed E-state index contributed by atoms with van der Waals surface area (Å²) >= 11 is 0. The van der Waals surface area contributed by atoms with E-state index in [9.17, 15) is 14.7 Å². The van der Waals surface area contributed by atoms with Crippen molar-refractivity contribution in [1.82, 2.24) is 4.90 Å². The molecule has 1 atom stereocenters. The first-order valence-corrected chi connectivity index (χ1v) is 10.9. The third-order valence-corrected chi connectivity index (χ3v) is 5.88. The maximum atomic E-state index is 13.1. The van der Waals surface area contributed by atoms with Crippen molar-refractivity contribution >= 4 is 17.8 Å². The van der Waals surface area contributed by atoms with Crippen molar-refractivity contribution in [3.8, 4) is 0 Å². The summed E-state index contributed by atoms with van der Waals surface area (Å²) in [6.07, 6.45) is 3.08. The Hall–Kier alpha value is -3.18. The second-order valence-corrected chi connectivity index (χ2v) is 7.87. The fourth-order valence-corrected chi connectivity index (χ4v) is 3.92. The number of nitrogens with zero attached hydrogens (tertiary/aromatic N) is 1. The minimum absolute atomic E-state index is 0.0376. The van der Waals surface area contributed by atoms with E-state index in [1.807, 2.05) is 61.5 Å². The van der Waals surface area contributed by atoms with Gasteiger partial charge in [0.15, 0.2) is 5.78 Å². The van der Waals surface area contributed by atoms with E-state index in [0.717, 1.165) is 36.3 Å². The van der Waals surface area contributed by atoms with E-state index in [1.54, 1.807) is 11.0 Å². The number of nitrogens with one attached hydrogen (secondary N) is 1. The van der Waals surface area contributed by atoms with Crippen LogP contribution in [0.25, 0.3) is 6.08 Å². The Morgan fingerprint density at radius 2 is 1.71 bits per heavy atom. The molecular formula is C26H30N2O3. The number of quaternary nitrogens is 1. The Morgan fingerprint density at radius 1 is 1.06 bits per heavy atom. The first kappa shape index (κ1) is 22.5. The molecule has 1 N–H and O–H groups in total. The first-order chi connectivity index (χ1) is 15.0. The molecule has 2 aromatic carbocycles. The van der Waals surface area contributed by atoms with Gasteiger partial charge in [-0.1, -0.05) is 66.2 Å². The highest BCUT2D eigenvalue weighted by atomic mass is 16.3. The minimum Gasteiger partial charge on any atom is -0.868 e. The highest BCUT2D eigenvalue weighted by molar-refractivity contribution is 6.14. The number of hydrogen-bond acceptors (Lipinski definition) is 3. The van der Waals surface area contributed by atoms with Crippen molar-refractivity contribution in [3.63, 3.8) is 0 Å². The van der Waals surface area contributed by atoms with E-state index in [0.29, 0.717) is 6.54 Å². The van der Waals surface area contributed by atoms with Gasteiger partial charge in [0.25, 0.3) is 0 Å². The topological polar surface area (TPSA) is 64.9 Å². The van der Waals surface area contributed by atoms with Crippen LogP contribution in [0.2, 0.25) is 0 Å². The fourth-order valence-electron chi connectivity index (χ4n) is 3.92. The lowest BCUT2D eigenvalue weighted by molar-refractivity contribution is -0.895. The number of benzene rings is 2. The Balaban J connectivity index is 1.94. The van der Waals surface area contributed by atoms with Gasteiger partial charge in [-0.15, -0.1) is 0 Å². The summed E-state index contributed by atoms with van der Waals surface area (Å²) in [6, 6.07) is 16.5. The van der Waals surface area contributed by atoms with Crippen LogP contribution in [0.5, 0.6) is 0 Å². The van der Waals surface area contributed by atoms with Gasteiger partial charge < -0.3 is 14.9 Å². The van der Waals surface area contributed by atoms with E-state index in [-0.39, 0.29) is 5.57 Å². The third kappa shape index (κ3) is 5.12. The van der Waals surface area contributed by atoms with Gasteiger partial charge in [-0.3, -0.25) is 9.59 Å². The maximum absolute atomic E-state index is 13.1. The molecule has 31 heavy (non-hydrogen) atoms. The van der Waals surface area contributed by atoms with E-state index >= 15 is 0 Å². The second kappa shape index (κ2) is 10.2. The van der Waals surface area contributed by atoms with Crippen molar-refractivity contribution in [2.24, 2.45) is 0 Å². The monoisotopic (exact) mass is 418 g/mol. The lowest BCUT2D eigenvalue weighted by Crippen LogP contribution is -3.12. The number of ketones is 1. The minimum atomic E-state index is -0.692. The smallest absolute Gasteiger partial charge is 0.240 e.